The van der Waals surface area contributed by atoms with Crippen LogP contribution in [0.4, 0.5) is 5.69 Å². The summed E-state index contributed by atoms with van der Waals surface area (Å²) in [4.78, 5) is 33.9. The highest BCUT2D eigenvalue weighted by molar-refractivity contribution is 7.18. The minimum Gasteiger partial charge on any atom is -0.329 e. The monoisotopic (exact) mass is 425 g/mol. The van der Waals surface area contributed by atoms with E-state index < -0.39 is 0 Å². The molecule has 0 radical (unpaired) electrons. The Bertz CT molecular complexity index is 1080. The van der Waals surface area contributed by atoms with Crippen molar-refractivity contribution in [1.82, 2.24) is 9.88 Å². The molecule has 2 saturated heterocycles. The molecule has 7 heteroatoms. The lowest BCUT2D eigenvalue weighted by Gasteiger charge is -2.24. The Labute approximate surface area is 177 Å². The van der Waals surface area contributed by atoms with Crippen molar-refractivity contribution in [3.8, 4) is 0 Å². The summed E-state index contributed by atoms with van der Waals surface area (Å²) in [6.45, 7) is 1.36. The third-order valence-corrected chi connectivity index (χ3v) is 7.12. The average Bonchev–Trinajstić information content (AvgIpc) is 3.46. The molecule has 0 aliphatic carbocycles. The van der Waals surface area contributed by atoms with E-state index in [0.29, 0.717) is 35.8 Å². The lowest BCUT2D eigenvalue weighted by Crippen LogP contribution is -2.31. The first-order valence-electron chi connectivity index (χ1n) is 9.88. The van der Waals surface area contributed by atoms with Crippen LogP contribution in [0.5, 0.6) is 0 Å². The summed E-state index contributed by atoms with van der Waals surface area (Å²) in [6, 6.07) is 13.3. The van der Waals surface area contributed by atoms with Gasteiger partial charge in [0.25, 0.3) is 5.91 Å². The Balaban J connectivity index is 1.45. The molecule has 2 amide bonds. The molecule has 5 nitrogen and oxygen atoms in total. The second kappa shape index (κ2) is 7.43. The SMILES string of the molecule is O=C1CCCN1c1cc(C(=O)N2CCC[C@@H]2c2nc3ccccc3s2)ccc1Cl. The molecule has 1 aromatic heterocycles. The van der Waals surface area contributed by atoms with Crippen molar-refractivity contribution in [1.29, 1.82) is 0 Å². The molecule has 0 saturated carbocycles. The number of fused-ring (bicyclic) bond motifs is 1. The zero-order valence-corrected chi connectivity index (χ0v) is 17.4. The van der Waals surface area contributed by atoms with Gasteiger partial charge in [-0.05, 0) is 49.6 Å². The molecule has 3 aromatic rings. The fourth-order valence-electron chi connectivity index (χ4n) is 4.22. The average molecular weight is 426 g/mol. The minimum absolute atomic E-state index is 0.00699. The van der Waals surface area contributed by atoms with Crippen LogP contribution in [0.1, 0.15) is 47.1 Å². The van der Waals surface area contributed by atoms with Crippen molar-refractivity contribution < 1.29 is 9.59 Å². The van der Waals surface area contributed by atoms with Gasteiger partial charge in [0, 0.05) is 25.1 Å². The zero-order valence-electron chi connectivity index (χ0n) is 15.8. The van der Waals surface area contributed by atoms with E-state index in [1.165, 1.54) is 0 Å². The number of carbonyl (C=O) groups is 2. The number of anilines is 1. The molecule has 1 atom stereocenters. The van der Waals surface area contributed by atoms with Crippen LogP contribution >= 0.6 is 22.9 Å². The largest absolute Gasteiger partial charge is 0.329 e. The van der Waals surface area contributed by atoms with Gasteiger partial charge in [-0.15, -0.1) is 11.3 Å². The molecular weight excluding hydrogens is 406 g/mol. The quantitative estimate of drug-likeness (QED) is 0.589. The molecule has 2 aliphatic heterocycles. The number of thiazole rings is 1. The molecule has 0 spiro atoms. The molecule has 2 aromatic carbocycles. The predicted octanol–water partition coefficient (Wildman–Crippen LogP) is 5.05. The van der Waals surface area contributed by atoms with Gasteiger partial charge >= 0.3 is 0 Å². The lowest BCUT2D eigenvalue weighted by molar-refractivity contribution is -0.117. The van der Waals surface area contributed by atoms with Gasteiger partial charge in [-0.2, -0.15) is 0 Å². The maximum Gasteiger partial charge on any atom is 0.254 e. The van der Waals surface area contributed by atoms with Crippen LogP contribution < -0.4 is 4.90 Å². The number of amides is 2. The van der Waals surface area contributed by atoms with Crippen LogP contribution in [0.2, 0.25) is 5.02 Å². The fraction of sp³-hybridized carbons (Fsp3) is 0.318. The van der Waals surface area contributed by atoms with E-state index in [-0.39, 0.29) is 17.9 Å². The third-order valence-electron chi connectivity index (χ3n) is 5.67. The van der Waals surface area contributed by atoms with E-state index in [1.54, 1.807) is 34.4 Å². The lowest BCUT2D eigenvalue weighted by atomic mass is 10.1. The van der Waals surface area contributed by atoms with Gasteiger partial charge in [-0.1, -0.05) is 23.7 Å². The molecule has 0 unspecified atom stereocenters. The molecule has 2 fully saturated rings. The maximum atomic E-state index is 13.4. The van der Waals surface area contributed by atoms with Crippen LogP contribution in [0.25, 0.3) is 10.2 Å². The van der Waals surface area contributed by atoms with Crippen LogP contribution in [0, 0.1) is 0 Å². The number of halogens is 1. The summed E-state index contributed by atoms with van der Waals surface area (Å²) < 4.78 is 1.14. The highest BCUT2D eigenvalue weighted by Crippen LogP contribution is 2.38. The summed E-state index contributed by atoms with van der Waals surface area (Å²) in [5.74, 6) is 0.0290. The smallest absolute Gasteiger partial charge is 0.254 e. The second-order valence-electron chi connectivity index (χ2n) is 7.49. The molecule has 3 heterocycles. The molecule has 29 heavy (non-hydrogen) atoms. The van der Waals surface area contributed by atoms with Gasteiger partial charge in [0.05, 0.1) is 27.0 Å². The van der Waals surface area contributed by atoms with Crippen molar-refractivity contribution >= 4 is 50.7 Å². The van der Waals surface area contributed by atoms with Gasteiger partial charge in [-0.3, -0.25) is 9.59 Å². The van der Waals surface area contributed by atoms with E-state index >= 15 is 0 Å². The first-order valence-corrected chi connectivity index (χ1v) is 11.1. The van der Waals surface area contributed by atoms with Crippen molar-refractivity contribution in [2.45, 2.75) is 31.7 Å². The molecular formula is C22H20ClN3O2S. The number of carbonyl (C=O) groups excluding carboxylic acids is 2. The topological polar surface area (TPSA) is 53.5 Å². The van der Waals surface area contributed by atoms with Gasteiger partial charge in [-0.25, -0.2) is 4.98 Å². The third kappa shape index (κ3) is 3.30. The van der Waals surface area contributed by atoms with E-state index in [4.69, 9.17) is 16.6 Å². The standard InChI is InChI=1S/C22H20ClN3O2S/c23-15-10-9-14(13-18(15)25-11-4-8-20(25)27)22(28)26-12-3-6-17(26)21-24-16-5-1-2-7-19(16)29-21/h1-2,5,7,9-10,13,17H,3-4,6,8,11-12H2/t17-/m1/s1. The van der Waals surface area contributed by atoms with E-state index in [1.807, 2.05) is 23.1 Å². The van der Waals surface area contributed by atoms with Gasteiger partial charge in [0.2, 0.25) is 5.91 Å². The van der Waals surface area contributed by atoms with Crippen molar-refractivity contribution in [3.63, 3.8) is 0 Å². The number of hydrogen-bond donors (Lipinski definition) is 0. The van der Waals surface area contributed by atoms with E-state index in [0.717, 1.165) is 34.5 Å². The number of aromatic nitrogens is 1. The summed E-state index contributed by atoms with van der Waals surface area (Å²) in [7, 11) is 0. The maximum absolute atomic E-state index is 13.4. The summed E-state index contributed by atoms with van der Waals surface area (Å²) in [6.07, 6.45) is 3.22. The molecule has 0 N–H and O–H groups in total. The number of benzene rings is 2. The first kappa shape index (κ1) is 18.6. The number of likely N-dealkylation sites (tertiary alicyclic amines) is 1. The molecule has 5 rings (SSSR count). The fourth-order valence-corrected chi connectivity index (χ4v) is 5.56. The summed E-state index contributed by atoms with van der Waals surface area (Å²) in [5, 5.41) is 1.49. The first-order chi connectivity index (χ1) is 14.1. The predicted molar refractivity (Wildman–Crippen MR) is 116 cm³/mol. The normalized spacial score (nSPS) is 19.5. The number of para-hydroxylation sites is 1. The second-order valence-corrected chi connectivity index (χ2v) is 8.96. The van der Waals surface area contributed by atoms with Crippen molar-refractivity contribution in [2.75, 3.05) is 18.0 Å². The van der Waals surface area contributed by atoms with Crippen LogP contribution in [-0.4, -0.2) is 34.8 Å². The van der Waals surface area contributed by atoms with Crippen LogP contribution in [0.3, 0.4) is 0 Å². The van der Waals surface area contributed by atoms with Gasteiger partial charge < -0.3 is 9.80 Å². The highest BCUT2D eigenvalue weighted by atomic mass is 35.5. The summed E-state index contributed by atoms with van der Waals surface area (Å²) in [5.41, 5.74) is 2.18. The Hall–Kier alpha value is -2.44. The van der Waals surface area contributed by atoms with Crippen LogP contribution in [-0.2, 0) is 4.79 Å². The molecule has 2 aliphatic rings. The van der Waals surface area contributed by atoms with Crippen molar-refractivity contribution in [3.05, 3.63) is 58.1 Å². The molecule has 148 valence electrons. The molecule has 0 bridgehead atoms. The number of rotatable bonds is 3. The highest BCUT2D eigenvalue weighted by Gasteiger charge is 2.33. The van der Waals surface area contributed by atoms with Crippen LogP contribution in [0.15, 0.2) is 42.5 Å². The minimum atomic E-state index is -0.0312. The Morgan fingerprint density at radius 1 is 1.14 bits per heavy atom. The summed E-state index contributed by atoms with van der Waals surface area (Å²) >= 11 is 8.01. The Morgan fingerprint density at radius 2 is 2.00 bits per heavy atom. The number of hydrogen-bond acceptors (Lipinski definition) is 4. The Morgan fingerprint density at radius 3 is 2.79 bits per heavy atom. The van der Waals surface area contributed by atoms with Crippen molar-refractivity contribution in [2.24, 2.45) is 0 Å². The van der Waals surface area contributed by atoms with E-state index in [2.05, 4.69) is 6.07 Å². The van der Waals surface area contributed by atoms with Gasteiger partial charge in [0.15, 0.2) is 0 Å². The zero-order chi connectivity index (χ0) is 20.0. The van der Waals surface area contributed by atoms with Gasteiger partial charge in [0.1, 0.15) is 5.01 Å². The number of nitrogens with zero attached hydrogens (tertiary/aromatic N) is 3. The Kier molecular flexibility index (Phi) is 4.76. The van der Waals surface area contributed by atoms with E-state index in [9.17, 15) is 9.59 Å².